The average Bonchev–Trinajstić information content (AvgIpc) is 3.40. The van der Waals surface area contributed by atoms with Crippen LogP contribution in [0, 0.1) is 11.3 Å². The number of aromatic hydroxyl groups is 1. The Labute approximate surface area is 198 Å². The molecule has 2 N–H and O–H groups in total. The van der Waals surface area contributed by atoms with Crippen molar-refractivity contribution < 1.29 is 9.90 Å². The van der Waals surface area contributed by atoms with E-state index in [1.54, 1.807) is 30.5 Å². The van der Waals surface area contributed by atoms with E-state index in [1.807, 2.05) is 49.6 Å². The van der Waals surface area contributed by atoms with Crippen molar-refractivity contribution in [1.29, 1.82) is 5.26 Å². The summed E-state index contributed by atoms with van der Waals surface area (Å²) in [7, 11) is 0. The number of pyridine rings is 1. The summed E-state index contributed by atoms with van der Waals surface area (Å²) >= 11 is 1.55. The highest BCUT2D eigenvalue weighted by atomic mass is 32.1. The van der Waals surface area contributed by atoms with Crippen molar-refractivity contribution in [3.8, 4) is 22.9 Å². The van der Waals surface area contributed by atoms with Crippen LogP contribution in [0.4, 0.5) is 0 Å². The highest BCUT2D eigenvalue weighted by Gasteiger charge is 2.45. The Bertz CT molecular complexity index is 1250. The SMILES string of the molecule is C=C(C)NC(C)(c1cc(-c2cncc(O)c2)cs1)C(C(C)=O)c1ccc(C2(C#N)CC2)cc1. The minimum atomic E-state index is -0.737. The monoisotopic (exact) mass is 457 g/mol. The van der Waals surface area contributed by atoms with Crippen LogP contribution in [0.2, 0.25) is 0 Å². The molecule has 0 aliphatic heterocycles. The summed E-state index contributed by atoms with van der Waals surface area (Å²) in [6.45, 7) is 9.57. The van der Waals surface area contributed by atoms with Gasteiger partial charge in [0.25, 0.3) is 0 Å². The molecule has 33 heavy (non-hydrogen) atoms. The molecule has 1 fully saturated rings. The summed E-state index contributed by atoms with van der Waals surface area (Å²) < 4.78 is 0. The third-order valence-corrected chi connectivity index (χ3v) is 7.55. The first-order chi connectivity index (χ1) is 15.7. The van der Waals surface area contributed by atoms with E-state index in [9.17, 15) is 15.2 Å². The third-order valence-electron chi connectivity index (χ3n) is 6.39. The van der Waals surface area contributed by atoms with Gasteiger partial charge in [0.15, 0.2) is 0 Å². The first kappa shape index (κ1) is 22.8. The van der Waals surface area contributed by atoms with Crippen LogP contribution >= 0.6 is 11.3 Å². The smallest absolute Gasteiger partial charge is 0.140 e. The van der Waals surface area contributed by atoms with Crippen molar-refractivity contribution >= 4 is 17.1 Å². The lowest BCUT2D eigenvalue weighted by atomic mass is 9.76. The molecule has 1 aliphatic rings. The normalized spacial score (nSPS) is 16.8. The molecule has 0 saturated heterocycles. The Morgan fingerprint density at radius 3 is 2.48 bits per heavy atom. The molecule has 2 heterocycles. The van der Waals surface area contributed by atoms with Crippen LogP contribution in [0.15, 0.2) is 66.4 Å². The van der Waals surface area contributed by atoms with Gasteiger partial charge in [-0.2, -0.15) is 5.26 Å². The molecule has 1 aliphatic carbocycles. The summed E-state index contributed by atoms with van der Waals surface area (Å²) in [5.74, 6) is -0.320. The van der Waals surface area contributed by atoms with Crippen LogP contribution in [0.25, 0.3) is 11.1 Å². The summed E-state index contributed by atoms with van der Waals surface area (Å²) in [6.07, 6.45) is 4.88. The molecular formula is C27H27N3O2S. The van der Waals surface area contributed by atoms with Gasteiger partial charge in [0.2, 0.25) is 0 Å². The van der Waals surface area contributed by atoms with Gasteiger partial charge in [0, 0.05) is 22.3 Å². The molecule has 1 saturated carbocycles. The standard InChI is InChI=1S/C27H27N3O2S/c1-17(2)30-26(4,24-12-21(15-33-24)20-11-23(32)14-29-13-20)25(18(3)31)19-5-7-22(8-6-19)27(16-28)9-10-27/h5-8,11-15,25,30,32H,1,9-10H2,2-4H3. The number of nitrogens with zero attached hydrogens (tertiary/aromatic N) is 2. The Morgan fingerprint density at radius 1 is 1.24 bits per heavy atom. The zero-order valence-electron chi connectivity index (χ0n) is 19.1. The lowest BCUT2D eigenvalue weighted by molar-refractivity contribution is -0.120. The molecule has 4 rings (SSSR count). The molecule has 2 atom stereocenters. The molecule has 2 aromatic heterocycles. The predicted octanol–water partition coefficient (Wildman–Crippen LogP) is 5.78. The number of nitrogens with one attached hydrogen (secondary N) is 1. The molecule has 6 heteroatoms. The van der Waals surface area contributed by atoms with E-state index in [4.69, 9.17) is 0 Å². The Morgan fingerprint density at radius 2 is 1.94 bits per heavy atom. The summed E-state index contributed by atoms with van der Waals surface area (Å²) in [6, 6.07) is 14.1. The second kappa shape index (κ2) is 8.49. The van der Waals surface area contributed by atoms with Gasteiger partial charge in [-0.25, -0.2) is 0 Å². The van der Waals surface area contributed by atoms with Gasteiger partial charge < -0.3 is 10.4 Å². The molecule has 3 aromatic rings. The highest BCUT2D eigenvalue weighted by Crippen LogP contribution is 2.48. The molecule has 168 valence electrons. The summed E-state index contributed by atoms with van der Waals surface area (Å²) in [4.78, 5) is 18.1. The fourth-order valence-electron chi connectivity index (χ4n) is 4.62. The van der Waals surface area contributed by atoms with Crippen LogP contribution in [-0.4, -0.2) is 15.9 Å². The van der Waals surface area contributed by atoms with Gasteiger partial charge in [-0.05, 0) is 67.8 Å². The zero-order chi connectivity index (χ0) is 23.8. The van der Waals surface area contributed by atoms with Crippen molar-refractivity contribution in [2.75, 3.05) is 0 Å². The Balaban J connectivity index is 1.76. The second-order valence-corrected chi connectivity index (χ2v) is 10.0. The number of hydrogen-bond acceptors (Lipinski definition) is 6. The van der Waals surface area contributed by atoms with Crippen LogP contribution in [0.5, 0.6) is 5.75 Å². The van der Waals surface area contributed by atoms with E-state index < -0.39 is 11.5 Å². The molecule has 2 unspecified atom stereocenters. The van der Waals surface area contributed by atoms with Gasteiger partial charge in [-0.15, -0.1) is 11.3 Å². The van der Waals surface area contributed by atoms with Gasteiger partial charge in [0.05, 0.1) is 29.1 Å². The van der Waals surface area contributed by atoms with E-state index in [0.717, 1.165) is 45.7 Å². The number of benzene rings is 1. The number of carbonyl (C=O) groups excluding carboxylic acids is 1. The predicted molar refractivity (Wildman–Crippen MR) is 131 cm³/mol. The number of Topliss-reactive ketones (excluding diaryl/α,β-unsaturated/α-hetero) is 1. The van der Waals surface area contributed by atoms with Crippen molar-refractivity contribution in [1.82, 2.24) is 10.3 Å². The van der Waals surface area contributed by atoms with Crippen LogP contribution in [0.1, 0.15) is 55.5 Å². The third kappa shape index (κ3) is 4.29. The Kier molecular flexibility index (Phi) is 5.85. The molecule has 1 aromatic carbocycles. The minimum absolute atomic E-state index is 0.0365. The van der Waals surface area contributed by atoms with E-state index >= 15 is 0 Å². The number of allylic oxidation sites excluding steroid dienone is 1. The van der Waals surface area contributed by atoms with Crippen LogP contribution < -0.4 is 5.32 Å². The van der Waals surface area contributed by atoms with Crippen molar-refractivity contribution in [3.05, 3.63) is 82.5 Å². The van der Waals surface area contributed by atoms with Crippen molar-refractivity contribution in [3.63, 3.8) is 0 Å². The quantitative estimate of drug-likeness (QED) is 0.448. The van der Waals surface area contributed by atoms with Gasteiger partial charge in [0.1, 0.15) is 11.5 Å². The number of nitriles is 1. The van der Waals surface area contributed by atoms with Crippen LogP contribution in [-0.2, 0) is 15.7 Å². The number of carbonyl (C=O) groups is 1. The second-order valence-electron chi connectivity index (χ2n) is 9.10. The van der Waals surface area contributed by atoms with Crippen molar-refractivity contribution in [2.45, 2.75) is 50.5 Å². The molecule has 0 bridgehead atoms. The van der Waals surface area contributed by atoms with Gasteiger partial charge >= 0.3 is 0 Å². The first-order valence-electron chi connectivity index (χ1n) is 10.9. The number of ketones is 1. The Hall–Kier alpha value is -3.43. The van der Waals surface area contributed by atoms with Crippen molar-refractivity contribution in [2.24, 2.45) is 0 Å². The van der Waals surface area contributed by atoms with Gasteiger partial charge in [-0.1, -0.05) is 30.8 Å². The highest BCUT2D eigenvalue weighted by molar-refractivity contribution is 7.10. The number of aromatic nitrogens is 1. The maximum Gasteiger partial charge on any atom is 0.140 e. The number of hydrogen-bond donors (Lipinski definition) is 2. The van der Waals surface area contributed by atoms with E-state index in [1.165, 1.54) is 6.20 Å². The number of thiophene rings is 1. The lowest BCUT2D eigenvalue weighted by Crippen LogP contribution is -2.45. The molecule has 0 spiro atoms. The lowest BCUT2D eigenvalue weighted by Gasteiger charge is -2.38. The summed E-state index contributed by atoms with van der Waals surface area (Å²) in [5.41, 5.74) is 3.31. The number of rotatable bonds is 8. The van der Waals surface area contributed by atoms with Gasteiger partial charge in [-0.3, -0.25) is 9.78 Å². The average molecular weight is 458 g/mol. The summed E-state index contributed by atoms with van der Waals surface area (Å²) in [5, 5.41) is 24.8. The fraction of sp³-hybridized carbons (Fsp3) is 0.296. The molecule has 5 nitrogen and oxygen atoms in total. The van der Waals surface area contributed by atoms with E-state index in [-0.39, 0.29) is 16.9 Å². The van der Waals surface area contributed by atoms with Crippen LogP contribution in [0.3, 0.4) is 0 Å². The topological polar surface area (TPSA) is 86.0 Å². The van der Waals surface area contributed by atoms with E-state index in [0.29, 0.717) is 0 Å². The maximum atomic E-state index is 13.1. The largest absolute Gasteiger partial charge is 0.506 e. The molecule has 0 radical (unpaired) electrons. The minimum Gasteiger partial charge on any atom is -0.506 e. The maximum absolute atomic E-state index is 13.1. The zero-order valence-corrected chi connectivity index (χ0v) is 19.9. The fourth-order valence-corrected chi connectivity index (χ4v) is 5.69. The van der Waals surface area contributed by atoms with E-state index in [2.05, 4.69) is 22.9 Å². The molecule has 0 amide bonds. The first-order valence-corrected chi connectivity index (χ1v) is 11.8. The molecular weight excluding hydrogens is 430 g/mol.